The highest BCUT2D eigenvalue weighted by Crippen LogP contribution is 2.31. The van der Waals surface area contributed by atoms with Crippen LogP contribution in [0.4, 0.5) is 0 Å². The summed E-state index contributed by atoms with van der Waals surface area (Å²) in [5, 5.41) is 0. The first kappa shape index (κ1) is 11.8. The van der Waals surface area contributed by atoms with Gasteiger partial charge in [-0.25, -0.2) is 0 Å². The summed E-state index contributed by atoms with van der Waals surface area (Å²) in [5.74, 6) is 0.910. The van der Waals surface area contributed by atoms with Gasteiger partial charge in [0.1, 0.15) is 5.75 Å². The molecule has 0 atom stereocenters. The van der Waals surface area contributed by atoms with Crippen molar-refractivity contribution in [3.8, 4) is 5.75 Å². The van der Waals surface area contributed by atoms with E-state index in [2.05, 4.69) is 22.5 Å². The largest absolute Gasteiger partial charge is 0.497 e. The van der Waals surface area contributed by atoms with Crippen LogP contribution in [-0.4, -0.2) is 7.11 Å². The summed E-state index contributed by atoms with van der Waals surface area (Å²) in [5.41, 5.74) is 0. The lowest BCUT2D eigenvalue weighted by Crippen LogP contribution is -1.78. The second-order valence-electron chi connectivity index (χ2n) is 1.74. The molecule has 0 unspecified atom stereocenters. The van der Waals surface area contributed by atoms with Crippen molar-refractivity contribution in [3.05, 3.63) is 30.3 Å². The molecule has 1 aromatic rings. The summed E-state index contributed by atoms with van der Waals surface area (Å²) < 4.78 is 14.1. The average Bonchev–Trinajstić information content (AvgIpc) is 2.05. The molecule has 0 aromatic heterocycles. The second-order valence-corrected chi connectivity index (χ2v) is 4.83. The molecule has 0 aliphatic carbocycles. The van der Waals surface area contributed by atoms with E-state index < -0.39 is 6.51 Å². The maximum absolute atomic E-state index is 9.16. The van der Waals surface area contributed by atoms with Gasteiger partial charge < -0.3 is 4.74 Å². The van der Waals surface area contributed by atoms with E-state index in [1.807, 2.05) is 30.3 Å². The van der Waals surface area contributed by atoms with Crippen molar-refractivity contribution in [2.24, 2.45) is 0 Å². The Balaban J connectivity index is 0.000000261. The van der Waals surface area contributed by atoms with Crippen LogP contribution in [0.1, 0.15) is 0 Å². The molecule has 0 spiro atoms. The van der Waals surface area contributed by atoms with Crippen LogP contribution in [0.5, 0.6) is 5.75 Å². The number of ether oxygens (including phenoxy) is 1. The normalized spacial score (nSPS) is 8.67. The molecular weight excluding hydrogens is 218 g/mol. The SMILES string of the molecule is COc1ccccc1.O=[PH](Cl)Cl. The van der Waals surface area contributed by atoms with E-state index in [4.69, 9.17) is 9.30 Å². The van der Waals surface area contributed by atoms with Gasteiger partial charge in [-0.3, -0.25) is 4.57 Å². The van der Waals surface area contributed by atoms with Crippen LogP contribution in [0, 0.1) is 0 Å². The van der Waals surface area contributed by atoms with E-state index in [-0.39, 0.29) is 0 Å². The van der Waals surface area contributed by atoms with Gasteiger partial charge in [0.05, 0.1) is 7.11 Å². The van der Waals surface area contributed by atoms with E-state index >= 15 is 0 Å². The van der Waals surface area contributed by atoms with E-state index in [1.165, 1.54) is 0 Å². The van der Waals surface area contributed by atoms with Crippen molar-refractivity contribution in [1.29, 1.82) is 0 Å². The number of rotatable bonds is 1. The first-order chi connectivity index (χ1) is 5.66. The quantitative estimate of drug-likeness (QED) is 0.685. The highest BCUT2D eigenvalue weighted by molar-refractivity contribution is 7.95. The molecule has 5 heteroatoms. The maximum atomic E-state index is 9.16. The zero-order valence-electron chi connectivity index (χ0n) is 6.46. The molecule has 0 heterocycles. The first-order valence-electron chi connectivity index (χ1n) is 3.11. The molecule has 0 N–H and O–H groups in total. The van der Waals surface area contributed by atoms with Crippen molar-refractivity contribution in [2.75, 3.05) is 7.11 Å². The zero-order valence-corrected chi connectivity index (χ0v) is 8.97. The zero-order chi connectivity index (χ0) is 9.40. The Bertz CT molecular complexity index is 224. The highest BCUT2D eigenvalue weighted by Gasteiger charge is 1.80. The molecule has 1 rings (SSSR count). The number of hydrogen-bond acceptors (Lipinski definition) is 2. The van der Waals surface area contributed by atoms with Crippen LogP contribution in [0.2, 0.25) is 0 Å². The number of para-hydroxylation sites is 1. The van der Waals surface area contributed by atoms with Crippen LogP contribution < -0.4 is 4.74 Å². The van der Waals surface area contributed by atoms with Crippen LogP contribution in [0.15, 0.2) is 30.3 Å². The topological polar surface area (TPSA) is 26.3 Å². The fraction of sp³-hybridized carbons (Fsp3) is 0.143. The maximum Gasteiger partial charge on any atom is 0.241 e. The summed E-state index contributed by atoms with van der Waals surface area (Å²) in [7, 11) is 1.66. The van der Waals surface area contributed by atoms with Gasteiger partial charge in [-0.2, -0.15) is 0 Å². The van der Waals surface area contributed by atoms with Crippen molar-refractivity contribution < 1.29 is 9.30 Å². The van der Waals surface area contributed by atoms with Crippen molar-refractivity contribution in [1.82, 2.24) is 0 Å². The van der Waals surface area contributed by atoms with Gasteiger partial charge in [-0.1, -0.05) is 18.2 Å². The van der Waals surface area contributed by atoms with Crippen LogP contribution in [0.3, 0.4) is 0 Å². The molecule has 0 amide bonds. The third-order valence-corrected chi connectivity index (χ3v) is 0.979. The molecule has 1 aromatic carbocycles. The Kier molecular flexibility index (Phi) is 7.37. The molecule has 2 nitrogen and oxygen atoms in total. The Morgan fingerprint density at radius 2 is 1.67 bits per heavy atom. The van der Waals surface area contributed by atoms with Gasteiger partial charge in [0, 0.05) is 0 Å². The lowest BCUT2D eigenvalue weighted by Gasteiger charge is -1.93. The van der Waals surface area contributed by atoms with Crippen LogP contribution >= 0.6 is 29.0 Å². The molecule has 0 saturated carbocycles. The third kappa shape index (κ3) is 7.93. The summed E-state index contributed by atoms with van der Waals surface area (Å²) in [6, 6.07) is 9.68. The van der Waals surface area contributed by atoms with Gasteiger partial charge in [0.2, 0.25) is 6.51 Å². The second kappa shape index (κ2) is 7.48. The number of methoxy groups -OCH3 is 1. The average molecular weight is 227 g/mol. The number of benzene rings is 1. The Morgan fingerprint density at radius 1 is 1.25 bits per heavy atom. The standard InChI is InChI=1S/C7H8O.Cl2HOP/c1-8-7-5-3-2-4-6-7;1-4(2)3/h2-6H,1H3;4H. The van der Waals surface area contributed by atoms with Crippen molar-refractivity contribution >= 4 is 29.0 Å². The van der Waals surface area contributed by atoms with Gasteiger partial charge >= 0.3 is 0 Å². The molecule has 0 radical (unpaired) electrons. The fourth-order valence-corrected chi connectivity index (χ4v) is 0.557. The molecular formula is C7H9Cl2O2P. The van der Waals surface area contributed by atoms with E-state index in [0.29, 0.717) is 0 Å². The fourth-order valence-electron chi connectivity index (χ4n) is 0.557. The van der Waals surface area contributed by atoms with Crippen molar-refractivity contribution in [3.63, 3.8) is 0 Å². The molecule has 0 bridgehead atoms. The third-order valence-electron chi connectivity index (χ3n) is 0.979. The van der Waals surface area contributed by atoms with Gasteiger partial charge in [0.25, 0.3) is 0 Å². The first-order valence-corrected chi connectivity index (χ1v) is 6.54. The minimum absolute atomic E-state index is 0.910. The molecule has 0 saturated heterocycles. The number of hydrogen-bond donors (Lipinski definition) is 0. The summed E-state index contributed by atoms with van der Waals surface area (Å²) in [6.45, 7) is -2.19. The predicted molar refractivity (Wildman–Crippen MR) is 53.7 cm³/mol. The molecule has 0 aliphatic heterocycles. The minimum atomic E-state index is -2.19. The van der Waals surface area contributed by atoms with Gasteiger partial charge in [-0.05, 0) is 34.6 Å². The van der Waals surface area contributed by atoms with E-state index in [1.54, 1.807) is 7.11 Å². The Morgan fingerprint density at radius 3 is 1.92 bits per heavy atom. The van der Waals surface area contributed by atoms with Gasteiger partial charge in [-0.15, -0.1) is 0 Å². The number of halogens is 2. The minimum Gasteiger partial charge on any atom is -0.497 e. The lowest BCUT2D eigenvalue weighted by molar-refractivity contribution is 0.415. The summed E-state index contributed by atoms with van der Waals surface area (Å²) in [4.78, 5) is 0. The lowest BCUT2D eigenvalue weighted by atomic mass is 10.3. The predicted octanol–water partition coefficient (Wildman–Crippen LogP) is 3.55. The Labute approximate surface area is 81.8 Å². The highest BCUT2D eigenvalue weighted by atomic mass is 35.9. The monoisotopic (exact) mass is 226 g/mol. The smallest absolute Gasteiger partial charge is 0.241 e. The summed E-state index contributed by atoms with van der Waals surface area (Å²) in [6.07, 6.45) is 0. The molecule has 0 aliphatic rings. The molecule has 68 valence electrons. The van der Waals surface area contributed by atoms with E-state index in [0.717, 1.165) is 5.75 Å². The summed E-state index contributed by atoms with van der Waals surface area (Å²) >= 11 is 9.17. The van der Waals surface area contributed by atoms with Crippen molar-refractivity contribution in [2.45, 2.75) is 0 Å². The van der Waals surface area contributed by atoms with E-state index in [9.17, 15) is 0 Å². The molecule has 0 fully saturated rings. The van der Waals surface area contributed by atoms with Crippen LogP contribution in [0.25, 0.3) is 0 Å². The van der Waals surface area contributed by atoms with Gasteiger partial charge in [0.15, 0.2) is 0 Å². The molecule has 12 heavy (non-hydrogen) atoms. The Hall–Kier alpha value is -0.170. The van der Waals surface area contributed by atoms with Crippen LogP contribution in [-0.2, 0) is 4.57 Å².